The molecule has 3 rings (SSSR count). The lowest BCUT2D eigenvalue weighted by atomic mass is 9.82. The van der Waals surface area contributed by atoms with Crippen molar-refractivity contribution in [3.8, 4) is 0 Å². The molecule has 3 heterocycles. The topological polar surface area (TPSA) is 48.1 Å². The lowest BCUT2D eigenvalue weighted by molar-refractivity contribution is 0.0582. The summed E-state index contributed by atoms with van der Waals surface area (Å²) in [7, 11) is 0. The maximum absolute atomic E-state index is 6.23. The van der Waals surface area contributed by atoms with Crippen molar-refractivity contribution in [1.29, 1.82) is 0 Å². The van der Waals surface area contributed by atoms with Crippen LogP contribution >= 0.6 is 0 Å². The van der Waals surface area contributed by atoms with Crippen LogP contribution in [0, 0.1) is 0 Å². The number of rotatable bonds is 5. The molecule has 0 aliphatic carbocycles. The Balaban J connectivity index is 1.66. The monoisotopic (exact) mass is 293 g/mol. The summed E-state index contributed by atoms with van der Waals surface area (Å²) in [5.41, 5.74) is 6.46. The summed E-state index contributed by atoms with van der Waals surface area (Å²) in [6.07, 6.45) is 5.23. The number of aliphatic imine (C=N–C) groups is 1. The number of nitrogens with zero attached hydrogens (tertiary/aromatic N) is 4. The Morgan fingerprint density at radius 1 is 1.33 bits per heavy atom. The molecule has 5 heteroatoms. The molecule has 0 aromatic rings. The van der Waals surface area contributed by atoms with E-state index in [9.17, 15) is 0 Å². The van der Waals surface area contributed by atoms with E-state index in [1.54, 1.807) is 0 Å². The van der Waals surface area contributed by atoms with Crippen molar-refractivity contribution in [3.63, 3.8) is 0 Å². The molecule has 1 spiro atoms. The summed E-state index contributed by atoms with van der Waals surface area (Å²) in [5.74, 6) is 0.786. The minimum Gasteiger partial charge on any atom is -0.370 e. The molecule has 2 unspecified atom stereocenters. The van der Waals surface area contributed by atoms with E-state index < -0.39 is 0 Å². The minimum absolute atomic E-state index is 0.225. The van der Waals surface area contributed by atoms with Gasteiger partial charge in [-0.2, -0.15) is 0 Å². The van der Waals surface area contributed by atoms with Gasteiger partial charge in [0.05, 0.1) is 12.1 Å². The first kappa shape index (κ1) is 15.1. The van der Waals surface area contributed by atoms with Gasteiger partial charge in [0.15, 0.2) is 5.96 Å². The fourth-order valence-corrected chi connectivity index (χ4v) is 4.48. The number of hydrogen-bond donors (Lipinski definition) is 1. The summed E-state index contributed by atoms with van der Waals surface area (Å²) in [6, 6.07) is 0.774. The molecular weight excluding hydrogens is 262 g/mol. The third-order valence-corrected chi connectivity index (χ3v) is 5.90. The van der Waals surface area contributed by atoms with Crippen molar-refractivity contribution in [1.82, 2.24) is 14.7 Å². The van der Waals surface area contributed by atoms with Crippen molar-refractivity contribution < 1.29 is 0 Å². The first-order valence-electron chi connectivity index (χ1n) is 8.72. The van der Waals surface area contributed by atoms with E-state index in [1.807, 2.05) is 0 Å². The molecule has 5 nitrogen and oxygen atoms in total. The highest BCUT2D eigenvalue weighted by Crippen LogP contribution is 2.39. The second kappa shape index (κ2) is 6.13. The average molecular weight is 293 g/mol. The normalized spacial score (nSPS) is 33.0. The van der Waals surface area contributed by atoms with E-state index in [2.05, 4.69) is 33.5 Å². The molecule has 2 saturated heterocycles. The fraction of sp³-hybridized carbons (Fsp3) is 0.938. The van der Waals surface area contributed by atoms with Gasteiger partial charge in [0.1, 0.15) is 0 Å². The van der Waals surface area contributed by atoms with Gasteiger partial charge in [-0.1, -0.05) is 13.8 Å². The van der Waals surface area contributed by atoms with Crippen molar-refractivity contribution in [2.45, 2.75) is 51.1 Å². The predicted molar refractivity (Wildman–Crippen MR) is 87.5 cm³/mol. The molecule has 0 aromatic heterocycles. The Hall–Kier alpha value is -0.810. The molecule has 21 heavy (non-hydrogen) atoms. The second-order valence-electron chi connectivity index (χ2n) is 6.86. The SMILES string of the molecule is CCN(CC)CCN1C(N)=NCC12CCN1CCCC1C2. The molecule has 0 radical (unpaired) electrons. The Kier molecular flexibility index (Phi) is 4.41. The number of hydrogen-bond acceptors (Lipinski definition) is 5. The first-order chi connectivity index (χ1) is 10.2. The summed E-state index contributed by atoms with van der Waals surface area (Å²) in [6.45, 7) is 12.3. The van der Waals surface area contributed by atoms with Gasteiger partial charge < -0.3 is 20.4 Å². The van der Waals surface area contributed by atoms with E-state index in [0.29, 0.717) is 0 Å². The number of nitrogens with two attached hydrogens (primary N) is 1. The van der Waals surface area contributed by atoms with E-state index >= 15 is 0 Å². The Morgan fingerprint density at radius 2 is 2.14 bits per heavy atom. The van der Waals surface area contributed by atoms with Gasteiger partial charge in [-0.25, -0.2) is 0 Å². The van der Waals surface area contributed by atoms with Crippen LogP contribution < -0.4 is 5.73 Å². The van der Waals surface area contributed by atoms with Crippen LogP contribution in [0.3, 0.4) is 0 Å². The zero-order valence-electron chi connectivity index (χ0n) is 13.7. The molecule has 0 amide bonds. The van der Waals surface area contributed by atoms with Crippen molar-refractivity contribution in [3.05, 3.63) is 0 Å². The van der Waals surface area contributed by atoms with Crippen LogP contribution in [0.4, 0.5) is 0 Å². The molecule has 2 N–H and O–H groups in total. The highest BCUT2D eigenvalue weighted by atomic mass is 15.4. The summed E-state index contributed by atoms with van der Waals surface area (Å²) in [4.78, 5) is 12.2. The molecule has 2 fully saturated rings. The highest BCUT2D eigenvalue weighted by Gasteiger charge is 2.48. The van der Waals surface area contributed by atoms with Crippen LogP contribution in [0.25, 0.3) is 0 Å². The van der Waals surface area contributed by atoms with Crippen LogP contribution in [0.5, 0.6) is 0 Å². The summed E-state index contributed by atoms with van der Waals surface area (Å²) in [5, 5.41) is 0. The van der Waals surface area contributed by atoms with Crippen LogP contribution in [0.1, 0.15) is 39.5 Å². The zero-order valence-corrected chi connectivity index (χ0v) is 13.7. The lowest BCUT2D eigenvalue weighted by Crippen LogP contribution is -2.60. The number of piperidine rings is 1. The van der Waals surface area contributed by atoms with Gasteiger partial charge >= 0.3 is 0 Å². The van der Waals surface area contributed by atoms with Crippen molar-refractivity contribution >= 4 is 5.96 Å². The van der Waals surface area contributed by atoms with Crippen LogP contribution in [0.2, 0.25) is 0 Å². The van der Waals surface area contributed by atoms with Crippen molar-refractivity contribution in [2.24, 2.45) is 10.7 Å². The summed E-state index contributed by atoms with van der Waals surface area (Å²) < 4.78 is 0. The maximum Gasteiger partial charge on any atom is 0.191 e. The van der Waals surface area contributed by atoms with Gasteiger partial charge in [-0.3, -0.25) is 4.99 Å². The quantitative estimate of drug-likeness (QED) is 0.820. The molecule has 2 atom stereocenters. The highest BCUT2D eigenvalue weighted by molar-refractivity contribution is 5.81. The first-order valence-corrected chi connectivity index (χ1v) is 8.72. The molecular formula is C16H31N5. The minimum atomic E-state index is 0.225. The van der Waals surface area contributed by atoms with Gasteiger partial charge in [0, 0.05) is 25.7 Å². The molecule has 3 aliphatic rings. The Morgan fingerprint density at radius 3 is 2.90 bits per heavy atom. The standard InChI is InChI=1S/C16H31N5/c1-3-19(4-2)10-11-21-15(17)18-13-16(21)7-9-20-8-5-6-14(20)12-16/h14H,3-13H2,1-2H3,(H2,17,18). The third-order valence-electron chi connectivity index (χ3n) is 5.90. The van der Waals surface area contributed by atoms with Crippen LogP contribution in [-0.2, 0) is 0 Å². The predicted octanol–water partition coefficient (Wildman–Crippen LogP) is 0.956. The lowest BCUT2D eigenvalue weighted by Gasteiger charge is -2.47. The summed E-state index contributed by atoms with van der Waals surface area (Å²) >= 11 is 0. The second-order valence-corrected chi connectivity index (χ2v) is 6.86. The van der Waals surface area contributed by atoms with Gasteiger partial charge in [-0.05, 0) is 45.3 Å². The molecule has 0 saturated carbocycles. The van der Waals surface area contributed by atoms with E-state index in [-0.39, 0.29) is 5.54 Å². The van der Waals surface area contributed by atoms with E-state index in [4.69, 9.17) is 5.73 Å². The zero-order chi connectivity index (χ0) is 14.9. The molecule has 120 valence electrons. The van der Waals surface area contributed by atoms with Gasteiger partial charge in [0.25, 0.3) is 0 Å². The maximum atomic E-state index is 6.23. The number of likely N-dealkylation sites (N-methyl/N-ethyl adjacent to an activating group) is 1. The molecule has 0 bridgehead atoms. The van der Waals surface area contributed by atoms with E-state index in [1.165, 1.54) is 38.8 Å². The Labute approximate surface area is 129 Å². The fourth-order valence-electron chi connectivity index (χ4n) is 4.48. The van der Waals surface area contributed by atoms with Crippen LogP contribution in [-0.4, -0.2) is 78.1 Å². The number of fused-ring (bicyclic) bond motifs is 1. The largest absolute Gasteiger partial charge is 0.370 e. The van der Waals surface area contributed by atoms with Gasteiger partial charge in [0.2, 0.25) is 0 Å². The molecule has 3 aliphatic heterocycles. The average Bonchev–Trinajstić information content (AvgIpc) is 3.07. The van der Waals surface area contributed by atoms with Gasteiger partial charge in [-0.15, -0.1) is 0 Å². The molecule has 0 aromatic carbocycles. The van der Waals surface area contributed by atoms with E-state index in [0.717, 1.165) is 44.7 Å². The van der Waals surface area contributed by atoms with Crippen molar-refractivity contribution in [2.75, 3.05) is 45.8 Å². The third kappa shape index (κ3) is 2.78. The number of guanidine groups is 1. The Bertz CT molecular complexity index is 392. The smallest absolute Gasteiger partial charge is 0.191 e. The van der Waals surface area contributed by atoms with Crippen LogP contribution in [0.15, 0.2) is 4.99 Å².